The Morgan fingerprint density at radius 3 is 2.75 bits per heavy atom. The predicted molar refractivity (Wildman–Crippen MR) is 104 cm³/mol. The smallest absolute Gasteiger partial charge is 0.305 e. The molecular weight excluding hydrogens is 363 g/mol. The van der Waals surface area contributed by atoms with Crippen LogP contribution in [0.4, 0.5) is 21.7 Å². The maximum Gasteiger partial charge on any atom is 0.305 e. The number of aryl methyl sites for hydroxylation is 1. The number of phenols is 1. The number of carbonyl (C=O) groups is 1. The molecule has 0 unspecified atom stereocenters. The summed E-state index contributed by atoms with van der Waals surface area (Å²) in [4.78, 5) is 18.9. The van der Waals surface area contributed by atoms with Gasteiger partial charge in [-0.3, -0.25) is 4.79 Å². The van der Waals surface area contributed by atoms with E-state index in [9.17, 15) is 14.3 Å². The summed E-state index contributed by atoms with van der Waals surface area (Å²) in [6.07, 6.45) is 1.44. The second kappa shape index (κ2) is 8.34. The minimum Gasteiger partial charge on any atom is -0.507 e. The number of benzene rings is 2. The Bertz CT molecular complexity index is 1010. The van der Waals surface area contributed by atoms with Crippen LogP contribution in [0.3, 0.4) is 0 Å². The maximum atomic E-state index is 14.1. The lowest BCUT2D eigenvalue weighted by Gasteiger charge is -2.12. The van der Waals surface area contributed by atoms with Gasteiger partial charge in [-0.15, -0.1) is 0 Å². The highest BCUT2D eigenvalue weighted by molar-refractivity contribution is 5.74. The molecule has 3 aromatic rings. The quantitative estimate of drug-likeness (QED) is 0.459. The fraction of sp³-hybridized carbons (Fsp3) is 0.150. The van der Waals surface area contributed by atoms with Crippen LogP contribution in [0.5, 0.6) is 5.75 Å². The molecule has 0 aliphatic heterocycles. The first-order chi connectivity index (χ1) is 13.4. The Kier molecular flexibility index (Phi) is 5.69. The highest BCUT2D eigenvalue weighted by atomic mass is 19.1. The molecule has 0 saturated carbocycles. The highest BCUT2D eigenvalue weighted by Gasteiger charge is 2.10. The van der Waals surface area contributed by atoms with Gasteiger partial charge >= 0.3 is 5.97 Å². The molecular formula is C20H19FN4O3. The van der Waals surface area contributed by atoms with Crippen LogP contribution in [0.15, 0.2) is 48.7 Å². The van der Waals surface area contributed by atoms with Gasteiger partial charge in [0.1, 0.15) is 11.6 Å². The summed E-state index contributed by atoms with van der Waals surface area (Å²) in [5, 5.41) is 24.7. The zero-order valence-electron chi connectivity index (χ0n) is 15.1. The van der Waals surface area contributed by atoms with E-state index in [0.29, 0.717) is 22.6 Å². The molecule has 28 heavy (non-hydrogen) atoms. The van der Waals surface area contributed by atoms with Crippen molar-refractivity contribution >= 4 is 23.3 Å². The van der Waals surface area contributed by atoms with Crippen LogP contribution in [0.2, 0.25) is 0 Å². The van der Waals surface area contributed by atoms with Crippen molar-refractivity contribution in [2.24, 2.45) is 0 Å². The molecule has 3 rings (SSSR count). The number of carboxylic acid groups (broad SMARTS) is 1. The third-order valence-electron chi connectivity index (χ3n) is 3.95. The topological polar surface area (TPSA) is 107 Å². The number of aromatic hydroxyl groups is 1. The Labute approximate surface area is 160 Å². The van der Waals surface area contributed by atoms with E-state index in [1.807, 2.05) is 6.92 Å². The molecule has 0 bridgehead atoms. The molecule has 144 valence electrons. The minimum absolute atomic E-state index is 0.00474. The normalized spacial score (nSPS) is 10.5. The molecule has 0 spiro atoms. The number of nitrogens with zero attached hydrogens (tertiary/aromatic N) is 2. The minimum atomic E-state index is -0.927. The van der Waals surface area contributed by atoms with Crippen LogP contribution in [-0.4, -0.2) is 32.7 Å². The van der Waals surface area contributed by atoms with E-state index in [-0.39, 0.29) is 30.5 Å². The first-order valence-electron chi connectivity index (χ1n) is 8.57. The van der Waals surface area contributed by atoms with Crippen LogP contribution < -0.4 is 10.6 Å². The molecule has 1 aromatic heterocycles. The van der Waals surface area contributed by atoms with E-state index in [1.165, 1.54) is 18.3 Å². The van der Waals surface area contributed by atoms with E-state index < -0.39 is 5.97 Å². The van der Waals surface area contributed by atoms with E-state index in [1.54, 1.807) is 30.3 Å². The van der Waals surface area contributed by atoms with Gasteiger partial charge in [-0.1, -0.05) is 6.07 Å². The van der Waals surface area contributed by atoms with E-state index in [0.717, 1.165) is 5.56 Å². The van der Waals surface area contributed by atoms with Crippen LogP contribution >= 0.6 is 0 Å². The third-order valence-corrected chi connectivity index (χ3v) is 3.95. The Morgan fingerprint density at radius 1 is 1.18 bits per heavy atom. The van der Waals surface area contributed by atoms with Crippen LogP contribution in [0.1, 0.15) is 12.0 Å². The first-order valence-corrected chi connectivity index (χ1v) is 8.57. The van der Waals surface area contributed by atoms with Gasteiger partial charge in [-0.2, -0.15) is 0 Å². The van der Waals surface area contributed by atoms with E-state index in [2.05, 4.69) is 20.6 Å². The number of aliphatic carboxylic acids is 1. The van der Waals surface area contributed by atoms with Crippen molar-refractivity contribution in [3.05, 3.63) is 60.0 Å². The molecule has 1 heterocycles. The number of aromatic nitrogens is 2. The molecule has 8 heteroatoms. The number of rotatable bonds is 7. The van der Waals surface area contributed by atoms with Gasteiger partial charge in [-0.25, -0.2) is 14.4 Å². The van der Waals surface area contributed by atoms with Gasteiger partial charge in [0, 0.05) is 24.0 Å². The van der Waals surface area contributed by atoms with Gasteiger partial charge in [-0.05, 0) is 48.9 Å². The number of anilines is 3. The van der Waals surface area contributed by atoms with Crippen molar-refractivity contribution < 1.29 is 19.4 Å². The molecule has 0 fully saturated rings. The second-order valence-electron chi connectivity index (χ2n) is 6.18. The molecule has 0 radical (unpaired) electrons. The van der Waals surface area contributed by atoms with Crippen LogP contribution in [0.25, 0.3) is 11.3 Å². The Hall–Kier alpha value is -3.68. The van der Waals surface area contributed by atoms with Gasteiger partial charge < -0.3 is 20.8 Å². The summed E-state index contributed by atoms with van der Waals surface area (Å²) in [6, 6.07) is 11.3. The lowest BCUT2D eigenvalue weighted by Crippen LogP contribution is -2.09. The van der Waals surface area contributed by atoms with Crippen molar-refractivity contribution in [3.63, 3.8) is 0 Å². The van der Waals surface area contributed by atoms with Gasteiger partial charge in [0.2, 0.25) is 5.95 Å². The number of hydrogen-bond acceptors (Lipinski definition) is 6. The molecule has 0 saturated heterocycles. The number of halogens is 1. The summed E-state index contributed by atoms with van der Waals surface area (Å²) in [6.45, 7) is 1.99. The predicted octanol–water partition coefficient (Wildman–Crippen LogP) is 3.93. The molecule has 0 aliphatic carbocycles. The number of phenolic OH excluding ortho intramolecular Hbond substituents is 1. The summed E-state index contributed by atoms with van der Waals surface area (Å²) in [7, 11) is 0. The monoisotopic (exact) mass is 382 g/mol. The molecule has 7 nitrogen and oxygen atoms in total. The molecule has 0 atom stereocenters. The van der Waals surface area contributed by atoms with Gasteiger partial charge in [0.05, 0.1) is 17.8 Å². The zero-order chi connectivity index (χ0) is 20.1. The van der Waals surface area contributed by atoms with Gasteiger partial charge in [0.25, 0.3) is 0 Å². The molecule has 0 aliphatic rings. The summed E-state index contributed by atoms with van der Waals surface area (Å²) in [5.41, 5.74) is 2.59. The largest absolute Gasteiger partial charge is 0.507 e. The van der Waals surface area contributed by atoms with Crippen molar-refractivity contribution in [2.45, 2.75) is 13.3 Å². The Balaban J connectivity index is 1.84. The SMILES string of the molecule is Cc1ccc(Nc2ccc(O)c(-c3ccnc(NCCC(=O)O)n3)c2)c(F)c1. The lowest BCUT2D eigenvalue weighted by molar-refractivity contribution is -0.136. The molecule has 2 aromatic carbocycles. The van der Waals surface area contributed by atoms with Crippen molar-refractivity contribution in [2.75, 3.05) is 17.2 Å². The number of nitrogens with one attached hydrogen (secondary N) is 2. The van der Waals surface area contributed by atoms with Gasteiger partial charge in [0.15, 0.2) is 0 Å². The molecule has 0 amide bonds. The second-order valence-corrected chi connectivity index (χ2v) is 6.18. The standard InChI is InChI=1S/C20H19FN4O3/c1-12-2-4-17(15(21)10-12)24-13-3-5-18(26)14(11-13)16-6-8-22-20(25-16)23-9-7-19(27)28/h2-6,8,10-11,24,26H,7,9H2,1H3,(H,27,28)(H,22,23,25). The fourth-order valence-corrected chi connectivity index (χ4v) is 2.57. The van der Waals surface area contributed by atoms with Crippen molar-refractivity contribution in [1.82, 2.24) is 9.97 Å². The first kappa shape index (κ1) is 19.1. The lowest BCUT2D eigenvalue weighted by atomic mass is 10.1. The number of carboxylic acids is 1. The van der Waals surface area contributed by atoms with E-state index >= 15 is 0 Å². The van der Waals surface area contributed by atoms with Crippen molar-refractivity contribution in [1.29, 1.82) is 0 Å². The summed E-state index contributed by atoms with van der Waals surface area (Å²) in [5.74, 6) is -1.05. The van der Waals surface area contributed by atoms with E-state index in [4.69, 9.17) is 5.11 Å². The van der Waals surface area contributed by atoms with Crippen LogP contribution in [-0.2, 0) is 4.79 Å². The van der Waals surface area contributed by atoms with Crippen molar-refractivity contribution in [3.8, 4) is 17.0 Å². The summed E-state index contributed by atoms with van der Waals surface area (Å²) < 4.78 is 14.1. The molecule has 4 N–H and O–H groups in total. The summed E-state index contributed by atoms with van der Waals surface area (Å²) >= 11 is 0. The maximum absolute atomic E-state index is 14.1. The zero-order valence-corrected chi connectivity index (χ0v) is 15.1. The fourth-order valence-electron chi connectivity index (χ4n) is 2.57. The third kappa shape index (κ3) is 4.73. The average molecular weight is 382 g/mol. The number of hydrogen-bond donors (Lipinski definition) is 4. The average Bonchev–Trinajstić information content (AvgIpc) is 2.65. The van der Waals surface area contributed by atoms with Crippen LogP contribution in [0, 0.1) is 12.7 Å². The highest BCUT2D eigenvalue weighted by Crippen LogP contribution is 2.32. The Morgan fingerprint density at radius 2 is 2.00 bits per heavy atom.